The van der Waals surface area contributed by atoms with Crippen LogP contribution >= 0.6 is 11.5 Å². The minimum absolute atomic E-state index is 0.0162. The van der Waals surface area contributed by atoms with E-state index in [-0.39, 0.29) is 10.8 Å². The Bertz CT molecular complexity index is 1130. The second-order valence-corrected chi connectivity index (χ2v) is 8.73. The minimum atomic E-state index is -3.92. The lowest BCUT2D eigenvalue weighted by atomic mass is 10.1. The van der Waals surface area contributed by atoms with Gasteiger partial charge >= 0.3 is 0 Å². The first-order valence-corrected chi connectivity index (χ1v) is 11.1. The number of nitrogens with zero attached hydrogens (tertiary/aromatic N) is 2. The highest BCUT2D eigenvalue weighted by Gasteiger charge is 2.22. The Kier molecular flexibility index (Phi) is 6.55. The molecule has 0 bridgehead atoms. The molecule has 0 spiro atoms. The van der Waals surface area contributed by atoms with Gasteiger partial charge in [0.15, 0.2) is 0 Å². The maximum Gasteiger partial charge on any atom is 0.242 e. The second kappa shape index (κ2) is 9.11. The van der Waals surface area contributed by atoms with Crippen molar-refractivity contribution < 1.29 is 18.0 Å². The average Bonchev–Trinajstić information content (AvgIpc) is 3.23. The molecule has 0 aliphatic carbocycles. The van der Waals surface area contributed by atoms with Gasteiger partial charge in [-0.15, -0.1) is 5.10 Å². The first-order chi connectivity index (χ1) is 14.2. The smallest absolute Gasteiger partial charge is 0.242 e. The third-order valence-electron chi connectivity index (χ3n) is 4.02. The van der Waals surface area contributed by atoms with Gasteiger partial charge < -0.3 is 10.6 Å². The lowest BCUT2D eigenvalue weighted by molar-refractivity contribution is -0.117. The topological polar surface area (TPSA) is 130 Å². The fourth-order valence-electron chi connectivity index (χ4n) is 2.54. The van der Waals surface area contributed by atoms with Gasteiger partial charge in [-0.1, -0.05) is 16.6 Å². The fourth-order valence-corrected chi connectivity index (χ4v) is 4.21. The summed E-state index contributed by atoms with van der Waals surface area (Å²) in [4.78, 5) is 23.4. The van der Waals surface area contributed by atoms with Crippen molar-refractivity contribution in [1.82, 2.24) is 14.3 Å². The molecule has 0 saturated heterocycles. The normalized spacial score (nSPS) is 12.2. The molecule has 0 unspecified atom stereocenters. The van der Waals surface area contributed by atoms with Gasteiger partial charge in [0.2, 0.25) is 21.8 Å². The highest BCUT2D eigenvalue weighted by atomic mass is 32.2. The summed E-state index contributed by atoms with van der Waals surface area (Å²) >= 11 is 1.25. The molecule has 3 rings (SSSR count). The quantitative estimate of drug-likeness (QED) is 0.512. The number of hydrogen-bond acceptors (Lipinski definition) is 7. The van der Waals surface area contributed by atoms with Crippen molar-refractivity contribution in [2.75, 3.05) is 10.6 Å². The molecule has 3 N–H and O–H groups in total. The van der Waals surface area contributed by atoms with Crippen LogP contribution in [0.5, 0.6) is 0 Å². The van der Waals surface area contributed by atoms with Gasteiger partial charge in [-0.2, -0.15) is 4.72 Å². The largest absolute Gasteiger partial charge is 0.326 e. The summed E-state index contributed by atoms with van der Waals surface area (Å²) < 4.78 is 31.2. The number of rotatable bonds is 7. The van der Waals surface area contributed by atoms with E-state index < -0.39 is 22.0 Å². The number of carbonyl (C=O) groups is 2. The summed E-state index contributed by atoms with van der Waals surface area (Å²) in [6, 6.07) is 11.6. The van der Waals surface area contributed by atoms with Crippen LogP contribution in [0.3, 0.4) is 0 Å². The Labute approximate surface area is 177 Å². The number of sulfonamides is 1. The van der Waals surface area contributed by atoms with Crippen molar-refractivity contribution in [3.63, 3.8) is 0 Å². The van der Waals surface area contributed by atoms with Gasteiger partial charge in [0.05, 0.1) is 10.9 Å². The van der Waals surface area contributed by atoms with Crippen LogP contribution < -0.4 is 15.4 Å². The van der Waals surface area contributed by atoms with Crippen molar-refractivity contribution in [1.29, 1.82) is 0 Å². The van der Waals surface area contributed by atoms with E-state index in [2.05, 4.69) is 24.9 Å². The number of hydrogen-bond donors (Lipinski definition) is 3. The average molecular weight is 446 g/mol. The maximum absolute atomic E-state index is 12.5. The minimum Gasteiger partial charge on any atom is -0.326 e. The Morgan fingerprint density at radius 3 is 2.13 bits per heavy atom. The SMILES string of the molecule is CC(=O)Nc1ccc(S(=O)(=O)N[C@@H](C)C(=O)Nc2ccc(-c3csnn3)cc2)cc1. The molecule has 2 aromatic carbocycles. The predicted molar refractivity (Wildman–Crippen MR) is 115 cm³/mol. The van der Waals surface area contributed by atoms with E-state index in [4.69, 9.17) is 0 Å². The zero-order valence-electron chi connectivity index (χ0n) is 16.1. The van der Waals surface area contributed by atoms with E-state index in [0.29, 0.717) is 11.4 Å². The lowest BCUT2D eigenvalue weighted by Crippen LogP contribution is -2.41. The molecule has 156 valence electrons. The molecular weight excluding hydrogens is 426 g/mol. The van der Waals surface area contributed by atoms with E-state index in [1.807, 2.05) is 5.38 Å². The molecule has 2 amide bonds. The highest BCUT2D eigenvalue weighted by Crippen LogP contribution is 2.20. The zero-order valence-corrected chi connectivity index (χ0v) is 17.8. The fraction of sp³-hybridized carbons (Fsp3) is 0.158. The van der Waals surface area contributed by atoms with E-state index in [1.165, 1.54) is 49.6 Å². The van der Waals surface area contributed by atoms with Gasteiger partial charge in [-0.05, 0) is 54.9 Å². The summed E-state index contributed by atoms with van der Waals surface area (Å²) in [6.45, 7) is 2.81. The Morgan fingerprint density at radius 1 is 0.967 bits per heavy atom. The number of carbonyl (C=O) groups excluding carboxylic acids is 2. The van der Waals surface area contributed by atoms with Crippen LogP contribution in [0, 0.1) is 0 Å². The van der Waals surface area contributed by atoms with Crippen LogP contribution in [-0.2, 0) is 19.6 Å². The number of aromatic nitrogens is 2. The van der Waals surface area contributed by atoms with Crippen LogP contribution in [0.15, 0.2) is 58.8 Å². The van der Waals surface area contributed by atoms with Crippen LogP contribution in [0.1, 0.15) is 13.8 Å². The molecule has 0 aliphatic heterocycles. The number of anilines is 2. The van der Waals surface area contributed by atoms with Crippen molar-refractivity contribution in [3.05, 3.63) is 53.9 Å². The molecule has 1 heterocycles. The first-order valence-electron chi connectivity index (χ1n) is 8.83. The summed E-state index contributed by atoms with van der Waals surface area (Å²) in [5.41, 5.74) is 2.60. The van der Waals surface area contributed by atoms with Gasteiger partial charge in [-0.25, -0.2) is 8.42 Å². The zero-order chi connectivity index (χ0) is 21.7. The van der Waals surface area contributed by atoms with Crippen LogP contribution in [0.2, 0.25) is 0 Å². The number of benzene rings is 2. The summed E-state index contributed by atoms with van der Waals surface area (Å²) in [5.74, 6) is -0.762. The molecule has 3 aromatic rings. The van der Waals surface area contributed by atoms with Crippen LogP contribution in [-0.4, -0.2) is 35.9 Å². The van der Waals surface area contributed by atoms with Gasteiger partial charge in [0.1, 0.15) is 5.69 Å². The molecule has 1 aromatic heterocycles. The summed E-state index contributed by atoms with van der Waals surface area (Å²) in [5, 5.41) is 11.0. The molecule has 30 heavy (non-hydrogen) atoms. The van der Waals surface area contributed by atoms with E-state index in [1.54, 1.807) is 24.3 Å². The van der Waals surface area contributed by atoms with Crippen LogP contribution in [0.25, 0.3) is 11.3 Å². The lowest BCUT2D eigenvalue weighted by Gasteiger charge is -2.15. The Morgan fingerprint density at radius 2 is 1.57 bits per heavy atom. The van der Waals surface area contributed by atoms with E-state index >= 15 is 0 Å². The first kappa shape index (κ1) is 21.6. The maximum atomic E-state index is 12.5. The Balaban J connectivity index is 1.62. The van der Waals surface area contributed by atoms with Gasteiger partial charge in [0.25, 0.3) is 0 Å². The van der Waals surface area contributed by atoms with Crippen molar-refractivity contribution in [2.45, 2.75) is 24.8 Å². The number of nitrogens with one attached hydrogen (secondary N) is 3. The highest BCUT2D eigenvalue weighted by molar-refractivity contribution is 7.89. The molecule has 0 saturated carbocycles. The molecule has 1 atom stereocenters. The number of amides is 2. The van der Waals surface area contributed by atoms with E-state index in [9.17, 15) is 18.0 Å². The van der Waals surface area contributed by atoms with Crippen LogP contribution in [0.4, 0.5) is 11.4 Å². The monoisotopic (exact) mass is 445 g/mol. The van der Waals surface area contributed by atoms with Crippen molar-refractivity contribution in [2.24, 2.45) is 0 Å². The standard InChI is InChI=1S/C19H19N5O4S2/c1-12(23-30(27,28)17-9-7-15(8-10-17)20-13(2)25)19(26)21-16-5-3-14(4-6-16)18-11-29-24-22-18/h3-12,23H,1-2H3,(H,20,25)(H,21,26)/t12-/m0/s1. The molecule has 9 nitrogen and oxygen atoms in total. The Hall–Kier alpha value is -3.15. The summed E-state index contributed by atoms with van der Waals surface area (Å²) in [7, 11) is -3.92. The molecule has 0 aliphatic rings. The van der Waals surface area contributed by atoms with Crippen molar-refractivity contribution in [3.8, 4) is 11.3 Å². The van der Waals surface area contributed by atoms with E-state index in [0.717, 1.165) is 11.3 Å². The predicted octanol–water partition coefficient (Wildman–Crippen LogP) is 2.47. The molecule has 11 heteroatoms. The summed E-state index contributed by atoms with van der Waals surface area (Å²) in [6.07, 6.45) is 0. The third-order valence-corrected chi connectivity index (χ3v) is 6.08. The molecule has 0 radical (unpaired) electrons. The molecule has 0 fully saturated rings. The molecular formula is C19H19N5O4S2. The second-order valence-electron chi connectivity index (χ2n) is 6.41. The van der Waals surface area contributed by atoms with Crippen molar-refractivity contribution >= 4 is 44.7 Å². The van der Waals surface area contributed by atoms with Gasteiger partial charge in [0, 0.05) is 29.2 Å². The van der Waals surface area contributed by atoms with Gasteiger partial charge in [-0.3, -0.25) is 9.59 Å². The third kappa shape index (κ3) is 5.47.